The van der Waals surface area contributed by atoms with Gasteiger partial charge in [-0.3, -0.25) is 9.69 Å². The number of carbonyl (C=O) groups is 1. The number of aromatic nitrogens is 2. The number of hydrogen-bond acceptors (Lipinski definition) is 6. The van der Waals surface area contributed by atoms with Crippen LogP contribution in [0.2, 0.25) is 0 Å². The zero-order chi connectivity index (χ0) is 17.4. The van der Waals surface area contributed by atoms with Gasteiger partial charge in [-0.25, -0.2) is 9.97 Å². The van der Waals surface area contributed by atoms with Crippen LogP contribution in [0.4, 0.5) is 5.82 Å². The molecule has 1 atom stereocenters. The van der Waals surface area contributed by atoms with Gasteiger partial charge in [-0.15, -0.1) is 11.3 Å². The third-order valence-corrected chi connectivity index (χ3v) is 6.50. The summed E-state index contributed by atoms with van der Waals surface area (Å²) in [6, 6.07) is 0. The first-order chi connectivity index (χ1) is 12.1. The van der Waals surface area contributed by atoms with Gasteiger partial charge in [-0.05, 0) is 37.2 Å². The van der Waals surface area contributed by atoms with Gasteiger partial charge in [-0.2, -0.15) is 0 Å². The number of anilines is 1. The minimum atomic E-state index is -0.251. The molecule has 134 valence electrons. The largest absolute Gasteiger partial charge is 0.369 e. The Hall–Kier alpha value is -1.73. The standard InChI is InChI=1S/C18H25N5OS/c1-12-3-4-13-14(9-12)25-18-16(13)17(20-11-21-18)23-6-2-5-22(7-8-23)10-15(19)24/h11-12H,2-10H2,1H3,(H2,19,24)/t12-/m0/s1. The molecule has 25 heavy (non-hydrogen) atoms. The summed E-state index contributed by atoms with van der Waals surface area (Å²) in [6.45, 7) is 6.27. The number of fused-ring (bicyclic) bond motifs is 3. The van der Waals surface area contributed by atoms with Crippen LogP contribution in [0, 0.1) is 5.92 Å². The molecule has 3 heterocycles. The lowest BCUT2D eigenvalue weighted by Crippen LogP contribution is -2.36. The summed E-state index contributed by atoms with van der Waals surface area (Å²) in [5.74, 6) is 1.59. The van der Waals surface area contributed by atoms with E-state index < -0.39 is 0 Å². The normalized spacial score (nSPS) is 22.0. The number of rotatable bonds is 3. The van der Waals surface area contributed by atoms with Gasteiger partial charge in [0, 0.05) is 31.1 Å². The van der Waals surface area contributed by atoms with Crippen molar-refractivity contribution < 1.29 is 4.79 Å². The molecule has 0 saturated carbocycles. The quantitative estimate of drug-likeness (QED) is 0.905. The summed E-state index contributed by atoms with van der Waals surface area (Å²) in [7, 11) is 0. The van der Waals surface area contributed by atoms with E-state index in [0.29, 0.717) is 6.54 Å². The second-order valence-corrected chi connectivity index (χ2v) is 8.40. The van der Waals surface area contributed by atoms with Crippen LogP contribution < -0.4 is 10.6 Å². The van der Waals surface area contributed by atoms with E-state index in [1.807, 2.05) is 11.3 Å². The van der Waals surface area contributed by atoms with Gasteiger partial charge >= 0.3 is 0 Å². The second-order valence-electron chi connectivity index (χ2n) is 7.31. The van der Waals surface area contributed by atoms with E-state index in [4.69, 9.17) is 5.73 Å². The lowest BCUT2D eigenvalue weighted by molar-refractivity contribution is -0.119. The number of aryl methyl sites for hydroxylation is 1. The molecule has 6 nitrogen and oxygen atoms in total. The Morgan fingerprint density at radius 2 is 2.20 bits per heavy atom. The van der Waals surface area contributed by atoms with Crippen LogP contribution in [0.5, 0.6) is 0 Å². The molecule has 0 spiro atoms. The molecule has 2 aliphatic rings. The molecule has 2 aromatic rings. The first-order valence-corrected chi connectivity index (χ1v) is 9.94. The van der Waals surface area contributed by atoms with Crippen LogP contribution in [-0.4, -0.2) is 53.5 Å². The molecule has 0 aromatic carbocycles. The molecule has 1 aliphatic carbocycles. The van der Waals surface area contributed by atoms with Crippen LogP contribution in [0.3, 0.4) is 0 Å². The maximum atomic E-state index is 11.2. The number of primary amides is 1. The Labute approximate surface area is 152 Å². The van der Waals surface area contributed by atoms with Crippen LogP contribution in [-0.2, 0) is 17.6 Å². The topological polar surface area (TPSA) is 75.3 Å². The summed E-state index contributed by atoms with van der Waals surface area (Å²) >= 11 is 1.85. The number of nitrogens with zero attached hydrogens (tertiary/aromatic N) is 4. The van der Waals surface area contributed by atoms with Gasteiger partial charge < -0.3 is 10.6 Å². The molecule has 1 saturated heterocycles. The number of nitrogens with two attached hydrogens (primary N) is 1. The molecular formula is C18H25N5OS. The molecular weight excluding hydrogens is 334 g/mol. The highest BCUT2D eigenvalue weighted by molar-refractivity contribution is 7.19. The molecule has 0 radical (unpaired) electrons. The molecule has 1 aliphatic heterocycles. The van der Waals surface area contributed by atoms with E-state index in [1.165, 1.54) is 28.7 Å². The Morgan fingerprint density at radius 3 is 3.04 bits per heavy atom. The maximum Gasteiger partial charge on any atom is 0.231 e. The molecule has 7 heteroatoms. The van der Waals surface area contributed by atoms with E-state index in [9.17, 15) is 4.79 Å². The molecule has 4 rings (SSSR count). The van der Waals surface area contributed by atoms with Crippen molar-refractivity contribution >= 4 is 33.3 Å². The van der Waals surface area contributed by atoms with Crippen molar-refractivity contribution in [1.82, 2.24) is 14.9 Å². The van der Waals surface area contributed by atoms with E-state index >= 15 is 0 Å². The van der Waals surface area contributed by atoms with Gasteiger partial charge in [0.2, 0.25) is 5.91 Å². The summed E-state index contributed by atoms with van der Waals surface area (Å²) in [6.07, 6.45) is 6.28. The van der Waals surface area contributed by atoms with E-state index in [0.717, 1.165) is 55.6 Å². The third kappa shape index (κ3) is 3.35. The molecule has 1 fully saturated rings. The molecule has 0 bridgehead atoms. The first kappa shape index (κ1) is 16.7. The smallest absolute Gasteiger partial charge is 0.231 e. The van der Waals surface area contributed by atoms with Gasteiger partial charge in [0.25, 0.3) is 0 Å². The predicted octanol–water partition coefficient (Wildman–Crippen LogP) is 1.81. The fraction of sp³-hybridized carbons (Fsp3) is 0.611. The van der Waals surface area contributed by atoms with Crippen molar-refractivity contribution in [2.24, 2.45) is 11.7 Å². The fourth-order valence-electron chi connectivity index (χ4n) is 4.06. The van der Waals surface area contributed by atoms with Crippen molar-refractivity contribution in [2.75, 3.05) is 37.6 Å². The summed E-state index contributed by atoms with van der Waals surface area (Å²) in [5.41, 5.74) is 6.83. The Bertz CT molecular complexity index is 789. The average molecular weight is 359 g/mol. The lowest BCUT2D eigenvalue weighted by atomic mass is 9.89. The molecule has 2 aromatic heterocycles. The molecule has 1 amide bonds. The Balaban J connectivity index is 1.64. The predicted molar refractivity (Wildman–Crippen MR) is 101 cm³/mol. The Morgan fingerprint density at radius 1 is 1.32 bits per heavy atom. The van der Waals surface area contributed by atoms with Gasteiger partial charge in [-0.1, -0.05) is 6.92 Å². The van der Waals surface area contributed by atoms with Crippen molar-refractivity contribution in [1.29, 1.82) is 0 Å². The monoisotopic (exact) mass is 359 g/mol. The van der Waals surface area contributed by atoms with Crippen LogP contribution >= 0.6 is 11.3 Å². The number of carbonyl (C=O) groups excluding carboxylic acids is 1. The van der Waals surface area contributed by atoms with Crippen LogP contribution in [0.25, 0.3) is 10.2 Å². The second kappa shape index (κ2) is 6.88. The highest BCUT2D eigenvalue weighted by atomic mass is 32.1. The van der Waals surface area contributed by atoms with Crippen molar-refractivity contribution in [3.8, 4) is 0 Å². The third-order valence-electron chi connectivity index (χ3n) is 5.34. The zero-order valence-corrected chi connectivity index (χ0v) is 15.5. The van der Waals surface area contributed by atoms with E-state index in [-0.39, 0.29) is 5.91 Å². The zero-order valence-electron chi connectivity index (χ0n) is 14.7. The minimum absolute atomic E-state index is 0.251. The van der Waals surface area contributed by atoms with Gasteiger partial charge in [0.05, 0.1) is 11.9 Å². The van der Waals surface area contributed by atoms with E-state index in [2.05, 4.69) is 26.7 Å². The van der Waals surface area contributed by atoms with Crippen LogP contribution in [0.1, 0.15) is 30.2 Å². The van der Waals surface area contributed by atoms with Crippen molar-refractivity contribution in [3.63, 3.8) is 0 Å². The van der Waals surface area contributed by atoms with Crippen molar-refractivity contribution in [3.05, 3.63) is 16.8 Å². The van der Waals surface area contributed by atoms with Crippen molar-refractivity contribution in [2.45, 2.75) is 32.6 Å². The highest BCUT2D eigenvalue weighted by Crippen LogP contribution is 2.40. The maximum absolute atomic E-state index is 11.2. The Kier molecular flexibility index (Phi) is 4.60. The molecule has 0 unspecified atom stereocenters. The lowest BCUT2D eigenvalue weighted by Gasteiger charge is -2.24. The fourth-order valence-corrected chi connectivity index (χ4v) is 5.40. The summed E-state index contributed by atoms with van der Waals surface area (Å²) < 4.78 is 0. The minimum Gasteiger partial charge on any atom is -0.369 e. The van der Waals surface area contributed by atoms with Gasteiger partial charge in [0.15, 0.2) is 0 Å². The van der Waals surface area contributed by atoms with E-state index in [1.54, 1.807) is 6.33 Å². The first-order valence-electron chi connectivity index (χ1n) is 9.12. The number of hydrogen-bond donors (Lipinski definition) is 1. The summed E-state index contributed by atoms with van der Waals surface area (Å²) in [5, 5.41) is 1.28. The summed E-state index contributed by atoms with van der Waals surface area (Å²) in [4.78, 5) is 27.6. The number of amides is 1. The SMILES string of the molecule is C[C@H]1CCc2c(sc3ncnc(N4CCCN(CC(N)=O)CC4)c23)C1. The number of thiophene rings is 1. The highest BCUT2D eigenvalue weighted by Gasteiger charge is 2.26. The van der Waals surface area contributed by atoms with Crippen LogP contribution in [0.15, 0.2) is 6.33 Å². The average Bonchev–Trinajstić information content (AvgIpc) is 2.78. The molecule has 2 N–H and O–H groups in total. The van der Waals surface area contributed by atoms with Gasteiger partial charge in [0.1, 0.15) is 17.0 Å².